The highest BCUT2D eigenvalue weighted by Crippen LogP contribution is 2.36. The van der Waals surface area contributed by atoms with E-state index in [2.05, 4.69) is 0 Å². The van der Waals surface area contributed by atoms with Gasteiger partial charge in [0.1, 0.15) is 11.6 Å². The molecular formula is C17H19F2NO3. The molecule has 1 aromatic carbocycles. The fourth-order valence-electron chi connectivity index (χ4n) is 3.27. The third-order valence-electron chi connectivity index (χ3n) is 4.76. The number of carbonyl (C=O) groups excluding carboxylic acids is 1. The van der Waals surface area contributed by atoms with Crippen molar-refractivity contribution in [1.82, 2.24) is 4.90 Å². The number of halogens is 2. The predicted octanol–water partition coefficient (Wildman–Crippen LogP) is 2.96. The van der Waals surface area contributed by atoms with E-state index in [1.54, 1.807) is 4.90 Å². The normalized spacial score (nSPS) is 23.7. The molecule has 0 radical (unpaired) electrons. The summed E-state index contributed by atoms with van der Waals surface area (Å²) in [6.45, 7) is 0.115. The molecule has 1 amide bonds. The zero-order valence-electron chi connectivity index (χ0n) is 12.7. The predicted molar refractivity (Wildman–Crippen MR) is 78.4 cm³/mol. The molecule has 23 heavy (non-hydrogen) atoms. The maximum atomic E-state index is 13.8. The lowest BCUT2D eigenvalue weighted by Gasteiger charge is -2.26. The summed E-state index contributed by atoms with van der Waals surface area (Å²) >= 11 is 0. The molecule has 0 aliphatic heterocycles. The van der Waals surface area contributed by atoms with Gasteiger partial charge in [0.05, 0.1) is 5.92 Å². The number of amides is 1. The van der Waals surface area contributed by atoms with Crippen LogP contribution in [0.25, 0.3) is 0 Å². The van der Waals surface area contributed by atoms with Crippen LogP contribution in [0.5, 0.6) is 0 Å². The molecule has 2 aliphatic carbocycles. The molecule has 1 N–H and O–H groups in total. The van der Waals surface area contributed by atoms with Gasteiger partial charge in [0.15, 0.2) is 0 Å². The summed E-state index contributed by atoms with van der Waals surface area (Å²) < 4.78 is 26.9. The van der Waals surface area contributed by atoms with Crippen molar-refractivity contribution in [3.8, 4) is 0 Å². The van der Waals surface area contributed by atoms with Crippen molar-refractivity contribution in [3.63, 3.8) is 0 Å². The third kappa shape index (κ3) is 3.51. The summed E-state index contributed by atoms with van der Waals surface area (Å²) in [6.07, 6.45) is 3.18. The second kappa shape index (κ2) is 6.26. The van der Waals surface area contributed by atoms with E-state index in [1.165, 1.54) is 12.1 Å². The molecule has 124 valence electrons. The van der Waals surface area contributed by atoms with Gasteiger partial charge in [-0.1, -0.05) is 6.07 Å². The number of nitrogens with zero attached hydrogens (tertiary/aromatic N) is 1. The van der Waals surface area contributed by atoms with E-state index in [-0.39, 0.29) is 24.4 Å². The Balaban J connectivity index is 1.72. The molecule has 0 aromatic heterocycles. The van der Waals surface area contributed by atoms with Gasteiger partial charge < -0.3 is 10.0 Å². The summed E-state index contributed by atoms with van der Waals surface area (Å²) in [4.78, 5) is 25.4. The van der Waals surface area contributed by atoms with E-state index in [0.717, 1.165) is 18.9 Å². The average Bonchev–Trinajstić information content (AvgIpc) is 3.21. The van der Waals surface area contributed by atoms with Gasteiger partial charge in [0, 0.05) is 30.1 Å². The van der Waals surface area contributed by atoms with Crippen LogP contribution in [-0.4, -0.2) is 27.9 Å². The molecule has 2 aliphatic rings. The summed E-state index contributed by atoms with van der Waals surface area (Å²) in [6, 6.07) is 3.46. The molecule has 1 aromatic rings. The zero-order chi connectivity index (χ0) is 16.6. The zero-order valence-corrected chi connectivity index (χ0v) is 12.7. The van der Waals surface area contributed by atoms with E-state index in [1.807, 2.05) is 0 Å². The van der Waals surface area contributed by atoms with Crippen molar-refractivity contribution in [2.75, 3.05) is 0 Å². The van der Waals surface area contributed by atoms with Crippen molar-refractivity contribution in [2.45, 2.75) is 44.7 Å². The van der Waals surface area contributed by atoms with Gasteiger partial charge in [-0.25, -0.2) is 8.78 Å². The maximum absolute atomic E-state index is 13.8. The second-order valence-electron chi connectivity index (χ2n) is 6.48. The van der Waals surface area contributed by atoms with E-state index in [9.17, 15) is 18.4 Å². The minimum absolute atomic E-state index is 0.0934. The number of carboxylic acid groups (broad SMARTS) is 1. The Morgan fingerprint density at radius 3 is 2.39 bits per heavy atom. The van der Waals surface area contributed by atoms with Crippen molar-refractivity contribution in [3.05, 3.63) is 35.4 Å². The van der Waals surface area contributed by atoms with E-state index in [4.69, 9.17) is 5.11 Å². The number of hydrogen-bond acceptors (Lipinski definition) is 2. The van der Waals surface area contributed by atoms with Crippen LogP contribution in [-0.2, 0) is 16.1 Å². The molecule has 0 heterocycles. The summed E-state index contributed by atoms with van der Waals surface area (Å²) in [5, 5.41) is 9.06. The lowest BCUT2D eigenvalue weighted by atomic mass is 10.0. The van der Waals surface area contributed by atoms with Crippen molar-refractivity contribution >= 4 is 11.9 Å². The topological polar surface area (TPSA) is 57.6 Å². The molecule has 4 nitrogen and oxygen atoms in total. The Hall–Kier alpha value is -1.98. The monoisotopic (exact) mass is 323 g/mol. The largest absolute Gasteiger partial charge is 0.481 e. The number of aliphatic carboxylic acids is 1. The van der Waals surface area contributed by atoms with Gasteiger partial charge in [0.25, 0.3) is 0 Å². The molecule has 0 unspecified atom stereocenters. The molecule has 2 atom stereocenters. The molecule has 0 bridgehead atoms. The molecule has 6 heteroatoms. The average molecular weight is 323 g/mol. The van der Waals surface area contributed by atoms with Crippen molar-refractivity contribution < 1.29 is 23.5 Å². The Morgan fingerprint density at radius 2 is 1.83 bits per heavy atom. The first-order valence-corrected chi connectivity index (χ1v) is 7.93. The van der Waals surface area contributed by atoms with Crippen molar-refractivity contribution in [1.29, 1.82) is 0 Å². The molecule has 0 spiro atoms. The van der Waals surface area contributed by atoms with E-state index in [0.29, 0.717) is 24.8 Å². The fraction of sp³-hybridized carbons (Fsp3) is 0.529. The smallest absolute Gasteiger partial charge is 0.306 e. The van der Waals surface area contributed by atoms with Gasteiger partial charge in [-0.05, 0) is 38.2 Å². The minimum Gasteiger partial charge on any atom is -0.481 e. The molecule has 3 rings (SSSR count). The van der Waals surface area contributed by atoms with Gasteiger partial charge in [-0.15, -0.1) is 0 Å². The van der Waals surface area contributed by atoms with Gasteiger partial charge >= 0.3 is 5.97 Å². The van der Waals surface area contributed by atoms with Crippen LogP contribution in [0, 0.1) is 23.5 Å². The first-order chi connectivity index (χ1) is 11.0. The first-order valence-electron chi connectivity index (χ1n) is 7.93. The van der Waals surface area contributed by atoms with Gasteiger partial charge in [-0.3, -0.25) is 9.59 Å². The minimum atomic E-state index is -0.858. The fourth-order valence-corrected chi connectivity index (χ4v) is 3.27. The highest BCUT2D eigenvalue weighted by atomic mass is 19.1. The number of carbonyl (C=O) groups is 2. The number of benzene rings is 1. The molecule has 2 saturated carbocycles. The Labute approximate surface area is 133 Å². The van der Waals surface area contributed by atoms with Gasteiger partial charge in [0.2, 0.25) is 5.91 Å². The summed E-state index contributed by atoms with van der Waals surface area (Å²) in [7, 11) is 0. The van der Waals surface area contributed by atoms with Crippen molar-refractivity contribution in [2.24, 2.45) is 11.8 Å². The second-order valence-corrected chi connectivity index (χ2v) is 6.48. The Morgan fingerprint density at radius 1 is 1.13 bits per heavy atom. The van der Waals surface area contributed by atoms with Crippen LogP contribution in [0.15, 0.2) is 18.2 Å². The molecule has 2 fully saturated rings. The van der Waals surface area contributed by atoms with Crippen LogP contribution in [0.1, 0.15) is 37.7 Å². The van der Waals surface area contributed by atoms with Crippen LogP contribution in [0.3, 0.4) is 0 Å². The van der Waals surface area contributed by atoms with Crippen LogP contribution < -0.4 is 0 Å². The summed E-state index contributed by atoms with van der Waals surface area (Å²) in [5.41, 5.74) is 0.291. The standard InChI is InChI=1S/C17H19F2NO3/c18-13-4-3-12(15(19)8-13)9-20(14-5-6-14)16(21)10-1-2-11(7-10)17(22)23/h3-4,8,10-11,14H,1-2,5-7,9H2,(H,22,23)/t10-,11+/m0/s1. The highest BCUT2D eigenvalue weighted by Gasteiger charge is 2.40. The van der Waals surface area contributed by atoms with Gasteiger partial charge in [-0.2, -0.15) is 0 Å². The lowest BCUT2D eigenvalue weighted by Crippen LogP contribution is -2.37. The molecular weight excluding hydrogens is 304 g/mol. The quantitative estimate of drug-likeness (QED) is 0.906. The van der Waals surface area contributed by atoms with E-state index < -0.39 is 23.5 Å². The summed E-state index contributed by atoms with van der Waals surface area (Å²) in [5.74, 6) is -3.02. The van der Waals surface area contributed by atoms with Crippen LogP contribution >= 0.6 is 0 Å². The van der Waals surface area contributed by atoms with E-state index >= 15 is 0 Å². The Kier molecular flexibility index (Phi) is 4.33. The number of carboxylic acids is 1. The first kappa shape index (κ1) is 15.9. The Bertz CT molecular complexity index is 630. The maximum Gasteiger partial charge on any atom is 0.306 e. The highest BCUT2D eigenvalue weighted by molar-refractivity contribution is 5.81. The lowest BCUT2D eigenvalue weighted by molar-refractivity contribution is -0.141. The number of rotatable bonds is 5. The SMILES string of the molecule is O=C(O)[C@@H]1CC[C@H](C(=O)N(Cc2ccc(F)cc2F)C2CC2)C1. The number of hydrogen-bond donors (Lipinski definition) is 1. The third-order valence-corrected chi connectivity index (χ3v) is 4.76. The van der Waals surface area contributed by atoms with Crippen LogP contribution in [0.4, 0.5) is 8.78 Å². The molecule has 0 saturated heterocycles. The van der Waals surface area contributed by atoms with Crippen LogP contribution in [0.2, 0.25) is 0 Å².